The van der Waals surface area contributed by atoms with Gasteiger partial charge >= 0.3 is 5.97 Å². The van der Waals surface area contributed by atoms with Crippen LogP contribution in [0.15, 0.2) is 0 Å². The highest BCUT2D eigenvalue weighted by molar-refractivity contribution is 5.77. The number of carbonyl (C=O) groups excluding carboxylic acids is 1. The normalized spacial score (nSPS) is 53.1. The van der Waals surface area contributed by atoms with Crippen molar-refractivity contribution in [3.05, 3.63) is 0 Å². The molecular weight excluding hydrogens is 166 g/mol. The first kappa shape index (κ1) is 7.80. The standard InChI is InChI=1S/C10H15NO2/c1-3-11-7-4-6-8(11)9(5(7)2)13-10(6)12/h5-9H,3-4H2,1-2H3. The number of ether oxygens (including phenoxy) is 1. The van der Waals surface area contributed by atoms with Crippen LogP contribution in [0.5, 0.6) is 0 Å². The van der Waals surface area contributed by atoms with Gasteiger partial charge in [-0.05, 0) is 13.0 Å². The third kappa shape index (κ3) is 0.725. The van der Waals surface area contributed by atoms with Crippen molar-refractivity contribution in [2.24, 2.45) is 11.8 Å². The van der Waals surface area contributed by atoms with Crippen LogP contribution < -0.4 is 0 Å². The highest BCUT2D eigenvalue weighted by atomic mass is 16.6. The van der Waals surface area contributed by atoms with Crippen LogP contribution in [0.4, 0.5) is 0 Å². The molecule has 0 spiro atoms. The summed E-state index contributed by atoms with van der Waals surface area (Å²) in [6.07, 6.45) is 1.24. The Morgan fingerprint density at radius 1 is 1.62 bits per heavy atom. The fourth-order valence-electron chi connectivity index (χ4n) is 3.53. The fourth-order valence-corrected chi connectivity index (χ4v) is 3.53. The maximum Gasteiger partial charge on any atom is 0.311 e. The van der Waals surface area contributed by atoms with Crippen molar-refractivity contribution in [1.29, 1.82) is 0 Å². The lowest BCUT2D eigenvalue weighted by atomic mass is 9.83. The van der Waals surface area contributed by atoms with Gasteiger partial charge in [-0.15, -0.1) is 0 Å². The predicted octanol–water partition coefficient (Wildman–Crippen LogP) is 0.641. The van der Waals surface area contributed by atoms with E-state index < -0.39 is 0 Å². The molecule has 2 bridgehead atoms. The van der Waals surface area contributed by atoms with Crippen LogP contribution >= 0.6 is 0 Å². The molecule has 3 fully saturated rings. The molecule has 0 aromatic heterocycles. The lowest BCUT2D eigenvalue weighted by Gasteiger charge is -2.19. The molecule has 0 amide bonds. The van der Waals surface area contributed by atoms with E-state index in [-0.39, 0.29) is 18.0 Å². The van der Waals surface area contributed by atoms with Crippen LogP contribution in [0, 0.1) is 11.8 Å². The van der Waals surface area contributed by atoms with E-state index in [0.29, 0.717) is 18.0 Å². The average Bonchev–Trinajstić information content (AvgIpc) is 2.66. The number of nitrogens with zero attached hydrogens (tertiary/aromatic N) is 1. The van der Waals surface area contributed by atoms with Gasteiger partial charge < -0.3 is 4.74 Å². The number of fused-ring (bicyclic) bond motifs is 1. The molecule has 5 atom stereocenters. The van der Waals surface area contributed by atoms with Crippen molar-refractivity contribution in [2.75, 3.05) is 6.54 Å². The van der Waals surface area contributed by atoms with E-state index in [0.717, 1.165) is 13.0 Å². The number of rotatable bonds is 1. The van der Waals surface area contributed by atoms with Gasteiger partial charge in [-0.25, -0.2) is 0 Å². The lowest BCUT2D eigenvalue weighted by molar-refractivity contribution is -0.144. The summed E-state index contributed by atoms with van der Waals surface area (Å²) in [6.45, 7) is 5.45. The highest BCUT2D eigenvalue weighted by Crippen LogP contribution is 2.50. The Bertz CT molecular complexity index is 266. The second-order valence-corrected chi connectivity index (χ2v) is 4.49. The van der Waals surface area contributed by atoms with Crippen molar-refractivity contribution < 1.29 is 9.53 Å². The van der Waals surface area contributed by atoms with Gasteiger partial charge in [-0.1, -0.05) is 13.8 Å². The van der Waals surface area contributed by atoms with E-state index in [1.807, 2.05) is 0 Å². The smallest absolute Gasteiger partial charge is 0.311 e. The van der Waals surface area contributed by atoms with Gasteiger partial charge in [-0.2, -0.15) is 0 Å². The van der Waals surface area contributed by atoms with Crippen LogP contribution in [-0.4, -0.2) is 35.6 Å². The first-order valence-electron chi connectivity index (χ1n) is 5.20. The Balaban J connectivity index is 2.00. The maximum atomic E-state index is 11.5. The molecule has 3 aliphatic heterocycles. The van der Waals surface area contributed by atoms with Crippen molar-refractivity contribution >= 4 is 5.97 Å². The summed E-state index contributed by atoms with van der Waals surface area (Å²) in [5.74, 6) is 0.805. The lowest BCUT2D eigenvalue weighted by Crippen LogP contribution is -2.33. The summed E-state index contributed by atoms with van der Waals surface area (Å²) in [4.78, 5) is 13.9. The molecule has 3 rings (SSSR count). The number of carbonyl (C=O) groups is 1. The number of esters is 1. The van der Waals surface area contributed by atoms with Gasteiger partial charge in [0.25, 0.3) is 0 Å². The van der Waals surface area contributed by atoms with Gasteiger partial charge in [0.05, 0.1) is 12.0 Å². The van der Waals surface area contributed by atoms with E-state index in [4.69, 9.17) is 4.74 Å². The second kappa shape index (κ2) is 2.27. The molecule has 0 N–H and O–H groups in total. The van der Waals surface area contributed by atoms with E-state index in [2.05, 4.69) is 18.7 Å². The Morgan fingerprint density at radius 2 is 2.38 bits per heavy atom. The average molecular weight is 181 g/mol. The molecule has 13 heavy (non-hydrogen) atoms. The van der Waals surface area contributed by atoms with E-state index in [1.54, 1.807) is 0 Å². The molecule has 0 radical (unpaired) electrons. The van der Waals surface area contributed by atoms with Gasteiger partial charge in [0.2, 0.25) is 0 Å². The molecule has 0 aliphatic carbocycles. The Morgan fingerprint density at radius 3 is 3.00 bits per heavy atom. The number of hydrogen-bond acceptors (Lipinski definition) is 3. The summed E-state index contributed by atoms with van der Waals surface area (Å²) in [7, 11) is 0. The zero-order valence-corrected chi connectivity index (χ0v) is 8.06. The third-order valence-corrected chi connectivity index (χ3v) is 4.10. The van der Waals surface area contributed by atoms with Crippen LogP contribution in [0.25, 0.3) is 0 Å². The first-order valence-corrected chi connectivity index (χ1v) is 5.20. The molecule has 3 aliphatic rings. The quantitative estimate of drug-likeness (QED) is 0.556. The van der Waals surface area contributed by atoms with Crippen molar-refractivity contribution in [3.8, 4) is 0 Å². The third-order valence-electron chi connectivity index (χ3n) is 4.10. The van der Waals surface area contributed by atoms with E-state index in [9.17, 15) is 4.79 Å². The molecule has 0 saturated carbocycles. The Kier molecular flexibility index (Phi) is 1.36. The van der Waals surface area contributed by atoms with Crippen molar-refractivity contribution in [2.45, 2.75) is 38.5 Å². The molecule has 3 heterocycles. The summed E-state index contributed by atoms with van der Waals surface area (Å²) >= 11 is 0. The number of likely N-dealkylation sites (N-methyl/N-ethyl adjacent to an activating group) is 1. The molecule has 0 aromatic carbocycles. The minimum absolute atomic E-state index is 0.0558. The van der Waals surface area contributed by atoms with Crippen molar-refractivity contribution in [1.82, 2.24) is 4.90 Å². The first-order chi connectivity index (χ1) is 6.24. The Hall–Kier alpha value is -0.570. The molecule has 72 valence electrons. The summed E-state index contributed by atoms with van der Waals surface area (Å²) in [5.41, 5.74) is 0. The maximum absolute atomic E-state index is 11.5. The highest BCUT2D eigenvalue weighted by Gasteiger charge is 2.63. The molecule has 5 unspecified atom stereocenters. The van der Waals surface area contributed by atoms with Crippen LogP contribution in [0.2, 0.25) is 0 Å². The monoisotopic (exact) mass is 181 g/mol. The minimum atomic E-state index is 0.0558. The number of hydrogen-bond donors (Lipinski definition) is 0. The summed E-state index contributed by atoms with van der Waals surface area (Å²) < 4.78 is 5.40. The van der Waals surface area contributed by atoms with E-state index in [1.165, 1.54) is 0 Å². The van der Waals surface area contributed by atoms with Crippen LogP contribution in [0.1, 0.15) is 20.3 Å². The van der Waals surface area contributed by atoms with Gasteiger partial charge in [0.15, 0.2) is 0 Å². The van der Waals surface area contributed by atoms with Gasteiger partial charge in [-0.3, -0.25) is 9.69 Å². The topological polar surface area (TPSA) is 29.5 Å². The zero-order valence-electron chi connectivity index (χ0n) is 8.06. The van der Waals surface area contributed by atoms with Crippen LogP contribution in [0.3, 0.4) is 0 Å². The molecule has 3 nitrogen and oxygen atoms in total. The van der Waals surface area contributed by atoms with E-state index >= 15 is 0 Å². The van der Waals surface area contributed by atoms with Crippen molar-refractivity contribution in [3.63, 3.8) is 0 Å². The summed E-state index contributed by atoms with van der Waals surface area (Å²) in [5, 5.41) is 0. The summed E-state index contributed by atoms with van der Waals surface area (Å²) in [6, 6.07) is 1.02. The largest absolute Gasteiger partial charge is 0.460 e. The fraction of sp³-hybridized carbons (Fsp3) is 0.900. The SMILES string of the molecule is CCN1C2CC3C(=O)OC(C2C)C31. The zero-order chi connectivity index (χ0) is 9.16. The van der Waals surface area contributed by atoms with Gasteiger partial charge in [0, 0.05) is 12.0 Å². The molecular formula is C10H15NO2. The minimum Gasteiger partial charge on any atom is -0.460 e. The predicted molar refractivity (Wildman–Crippen MR) is 47.1 cm³/mol. The molecule has 0 aromatic rings. The Labute approximate surface area is 78.0 Å². The van der Waals surface area contributed by atoms with Gasteiger partial charge in [0.1, 0.15) is 6.10 Å². The molecule has 3 heteroatoms. The second-order valence-electron chi connectivity index (χ2n) is 4.49. The van der Waals surface area contributed by atoms with Crippen LogP contribution in [-0.2, 0) is 9.53 Å². The molecule has 3 saturated heterocycles.